The number of esters is 1. The van der Waals surface area contributed by atoms with Crippen LogP contribution in [0.25, 0.3) is 5.69 Å². The first kappa shape index (κ1) is 16.1. The summed E-state index contributed by atoms with van der Waals surface area (Å²) in [5.74, 6) is 0.647. The van der Waals surface area contributed by atoms with E-state index >= 15 is 0 Å². The summed E-state index contributed by atoms with van der Waals surface area (Å²) in [7, 11) is 0. The molecule has 4 rings (SSSR count). The van der Waals surface area contributed by atoms with E-state index in [1.54, 1.807) is 41.9 Å². The molecule has 1 aliphatic heterocycles. The molecule has 6 nitrogen and oxygen atoms in total. The Bertz CT molecular complexity index is 966. The molecule has 0 amide bonds. The Morgan fingerprint density at radius 2 is 1.85 bits per heavy atom. The van der Waals surface area contributed by atoms with E-state index < -0.39 is 5.97 Å². The maximum Gasteiger partial charge on any atom is 0.347 e. The predicted molar refractivity (Wildman–Crippen MR) is 90.6 cm³/mol. The molecule has 0 N–H and O–H groups in total. The quantitative estimate of drug-likeness (QED) is 0.533. The standard InChI is InChI=1S/C19H15FN2O4/c1-12-16(11-21-22(12)14-4-2-13(20)3-5-14)19(23)26-15-6-7-17-18(10-15)25-9-8-24-17/h2-7,10-11H,8-9H2,1H3. The van der Waals surface area contributed by atoms with Gasteiger partial charge in [-0.05, 0) is 43.3 Å². The fourth-order valence-electron chi connectivity index (χ4n) is 2.70. The minimum absolute atomic E-state index is 0.323. The molecule has 0 atom stereocenters. The van der Waals surface area contributed by atoms with Gasteiger partial charge in [-0.2, -0.15) is 5.10 Å². The molecule has 0 bridgehead atoms. The van der Waals surface area contributed by atoms with E-state index in [9.17, 15) is 9.18 Å². The van der Waals surface area contributed by atoms with Crippen LogP contribution in [-0.4, -0.2) is 29.0 Å². The summed E-state index contributed by atoms with van der Waals surface area (Å²) in [5.41, 5.74) is 1.57. The lowest BCUT2D eigenvalue weighted by Crippen LogP contribution is -2.15. The molecule has 0 saturated heterocycles. The van der Waals surface area contributed by atoms with E-state index in [1.165, 1.54) is 18.3 Å². The minimum atomic E-state index is -0.535. The van der Waals surface area contributed by atoms with E-state index in [0.717, 1.165) is 0 Å². The van der Waals surface area contributed by atoms with E-state index in [1.807, 2.05) is 0 Å². The Morgan fingerprint density at radius 1 is 1.12 bits per heavy atom. The number of carbonyl (C=O) groups is 1. The minimum Gasteiger partial charge on any atom is -0.486 e. The lowest BCUT2D eigenvalue weighted by Gasteiger charge is -2.18. The summed E-state index contributed by atoms with van der Waals surface area (Å²) in [6.07, 6.45) is 1.43. The maximum atomic E-state index is 13.1. The van der Waals surface area contributed by atoms with Crippen LogP contribution >= 0.6 is 0 Å². The molecule has 26 heavy (non-hydrogen) atoms. The number of rotatable bonds is 3. The molecule has 2 heterocycles. The fourth-order valence-corrected chi connectivity index (χ4v) is 2.70. The highest BCUT2D eigenvalue weighted by Crippen LogP contribution is 2.33. The van der Waals surface area contributed by atoms with Gasteiger partial charge >= 0.3 is 5.97 Å². The summed E-state index contributed by atoms with van der Waals surface area (Å²) in [6.45, 7) is 2.69. The van der Waals surface area contributed by atoms with Crippen LogP contribution in [0.2, 0.25) is 0 Å². The Balaban J connectivity index is 1.56. The van der Waals surface area contributed by atoms with Crippen molar-refractivity contribution < 1.29 is 23.4 Å². The van der Waals surface area contributed by atoms with E-state index in [-0.39, 0.29) is 5.82 Å². The topological polar surface area (TPSA) is 62.6 Å². The first-order valence-corrected chi connectivity index (χ1v) is 8.04. The van der Waals surface area contributed by atoms with Gasteiger partial charge in [0.15, 0.2) is 11.5 Å². The number of hydrogen-bond acceptors (Lipinski definition) is 5. The number of nitrogens with zero attached hydrogens (tertiary/aromatic N) is 2. The zero-order chi connectivity index (χ0) is 18.1. The molecule has 0 unspecified atom stereocenters. The third-order valence-electron chi connectivity index (χ3n) is 4.03. The smallest absolute Gasteiger partial charge is 0.347 e. The number of aromatic nitrogens is 2. The first-order chi connectivity index (χ1) is 12.6. The second-order valence-electron chi connectivity index (χ2n) is 5.73. The Morgan fingerprint density at radius 3 is 2.62 bits per heavy atom. The number of benzene rings is 2. The average molecular weight is 354 g/mol. The van der Waals surface area contributed by atoms with Crippen LogP contribution in [0.3, 0.4) is 0 Å². The summed E-state index contributed by atoms with van der Waals surface area (Å²) in [6, 6.07) is 10.8. The molecular weight excluding hydrogens is 339 g/mol. The molecule has 2 aromatic carbocycles. The van der Waals surface area contributed by atoms with Crippen molar-refractivity contribution in [2.24, 2.45) is 0 Å². The Labute approximate surface area is 148 Å². The van der Waals surface area contributed by atoms with Crippen molar-refractivity contribution in [3.05, 3.63) is 65.7 Å². The summed E-state index contributed by atoms with van der Waals surface area (Å²) in [5, 5.41) is 4.20. The van der Waals surface area contributed by atoms with E-state index in [0.29, 0.717) is 47.4 Å². The van der Waals surface area contributed by atoms with Gasteiger partial charge in [0.1, 0.15) is 30.3 Å². The van der Waals surface area contributed by atoms with Gasteiger partial charge in [-0.25, -0.2) is 13.9 Å². The summed E-state index contributed by atoms with van der Waals surface area (Å²) < 4.78 is 31.0. The molecule has 0 aliphatic carbocycles. The van der Waals surface area contributed by atoms with Crippen molar-refractivity contribution in [2.75, 3.05) is 13.2 Å². The highest BCUT2D eigenvalue weighted by Gasteiger charge is 2.19. The van der Waals surface area contributed by atoms with Crippen LogP contribution in [0.4, 0.5) is 4.39 Å². The number of ether oxygens (including phenoxy) is 3. The van der Waals surface area contributed by atoms with Crippen molar-refractivity contribution in [2.45, 2.75) is 6.92 Å². The normalized spacial score (nSPS) is 12.7. The number of fused-ring (bicyclic) bond motifs is 1. The second kappa shape index (κ2) is 6.51. The highest BCUT2D eigenvalue weighted by molar-refractivity contribution is 5.92. The lowest BCUT2D eigenvalue weighted by atomic mass is 10.2. The van der Waals surface area contributed by atoms with Gasteiger partial charge in [0.2, 0.25) is 0 Å². The summed E-state index contributed by atoms with van der Waals surface area (Å²) >= 11 is 0. The molecule has 3 aromatic rings. The van der Waals surface area contributed by atoms with E-state index in [4.69, 9.17) is 14.2 Å². The molecule has 0 saturated carbocycles. The van der Waals surface area contributed by atoms with Gasteiger partial charge in [0.25, 0.3) is 0 Å². The number of carbonyl (C=O) groups excluding carboxylic acids is 1. The van der Waals surface area contributed by atoms with Gasteiger partial charge in [0, 0.05) is 6.07 Å². The third kappa shape index (κ3) is 2.99. The molecule has 1 aromatic heterocycles. The fraction of sp³-hybridized carbons (Fsp3) is 0.158. The molecule has 0 fully saturated rings. The van der Waals surface area contributed by atoms with Crippen LogP contribution in [0.15, 0.2) is 48.7 Å². The Hall–Kier alpha value is -3.35. The van der Waals surface area contributed by atoms with Gasteiger partial charge in [-0.15, -0.1) is 0 Å². The van der Waals surface area contributed by atoms with Crippen LogP contribution in [-0.2, 0) is 0 Å². The summed E-state index contributed by atoms with van der Waals surface area (Å²) in [4.78, 5) is 12.5. The molecule has 0 spiro atoms. The van der Waals surface area contributed by atoms with Crippen LogP contribution in [0, 0.1) is 12.7 Å². The predicted octanol–water partition coefficient (Wildman–Crippen LogP) is 3.31. The third-order valence-corrected chi connectivity index (χ3v) is 4.03. The van der Waals surface area contributed by atoms with Crippen molar-refractivity contribution in [3.63, 3.8) is 0 Å². The average Bonchev–Trinajstić information content (AvgIpc) is 3.04. The highest BCUT2D eigenvalue weighted by atomic mass is 19.1. The zero-order valence-corrected chi connectivity index (χ0v) is 13.9. The molecule has 1 aliphatic rings. The number of halogens is 1. The van der Waals surface area contributed by atoms with Crippen molar-refractivity contribution >= 4 is 5.97 Å². The van der Waals surface area contributed by atoms with Crippen LogP contribution < -0.4 is 14.2 Å². The lowest BCUT2D eigenvalue weighted by molar-refractivity contribution is 0.0732. The SMILES string of the molecule is Cc1c(C(=O)Oc2ccc3c(c2)OCCO3)cnn1-c1ccc(F)cc1. The number of hydrogen-bond donors (Lipinski definition) is 0. The molecular formula is C19H15FN2O4. The van der Waals surface area contributed by atoms with Crippen LogP contribution in [0.5, 0.6) is 17.2 Å². The largest absolute Gasteiger partial charge is 0.486 e. The van der Waals surface area contributed by atoms with Gasteiger partial charge in [-0.3, -0.25) is 0 Å². The molecule has 0 radical (unpaired) electrons. The molecule has 132 valence electrons. The van der Waals surface area contributed by atoms with Crippen molar-refractivity contribution in [3.8, 4) is 22.9 Å². The first-order valence-electron chi connectivity index (χ1n) is 8.04. The van der Waals surface area contributed by atoms with Crippen LogP contribution in [0.1, 0.15) is 16.1 Å². The van der Waals surface area contributed by atoms with Crippen molar-refractivity contribution in [1.82, 2.24) is 9.78 Å². The monoisotopic (exact) mass is 354 g/mol. The maximum absolute atomic E-state index is 13.1. The van der Waals surface area contributed by atoms with Crippen molar-refractivity contribution in [1.29, 1.82) is 0 Å². The second-order valence-corrected chi connectivity index (χ2v) is 5.73. The van der Waals surface area contributed by atoms with Gasteiger partial charge in [-0.1, -0.05) is 0 Å². The van der Waals surface area contributed by atoms with Gasteiger partial charge in [0.05, 0.1) is 17.6 Å². The Kier molecular flexibility index (Phi) is 4.04. The van der Waals surface area contributed by atoms with Gasteiger partial charge < -0.3 is 14.2 Å². The molecule has 7 heteroatoms. The zero-order valence-electron chi connectivity index (χ0n) is 13.9. The van der Waals surface area contributed by atoms with E-state index in [2.05, 4.69) is 5.10 Å².